The first kappa shape index (κ1) is 24.2. The second kappa shape index (κ2) is 10.5. The molecular weight excluding hydrogens is 569 g/mol. The number of nitrogens with zero attached hydrogens (tertiary/aromatic N) is 1. The molecule has 168 valence electrons. The number of hydrogen-bond donors (Lipinski definition) is 0. The number of amides is 2. The summed E-state index contributed by atoms with van der Waals surface area (Å²) in [6, 6.07) is 17.9. The normalized spacial score (nSPS) is 14.9. The Kier molecular flexibility index (Phi) is 7.72. The molecule has 1 aliphatic rings. The molecule has 0 bridgehead atoms. The lowest BCUT2D eigenvalue weighted by Crippen LogP contribution is -2.27. The molecule has 1 fully saturated rings. The number of benzene rings is 3. The third-order valence-electron chi connectivity index (χ3n) is 4.76. The zero-order chi connectivity index (χ0) is 23.5. The van der Waals surface area contributed by atoms with Gasteiger partial charge in [-0.1, -0.05) is 59.1 Å². The van der Waals surface area contributed by atoms with E-state index in [-0.39, 0.29) is 17.7 Å². The third kappa shape index (κ3) is 5.94. The van der Waals surface area contributed by atoms with Crippen molar-refractivity contribution in [2.24, 2.45) is 0 Å². The topological polar surface area (TPSA) is 46.6 Å². The number of halogens is 4. The van der Waals surface area contributed by atoms with Crippen LogP contribution in [0, 0.1) is 0 Å². The second-order valence-electron chi connectivity index (χ2n) is 7.12. The van der Waals surface area contributed by atoms with E-state index in [9.17, 15) is 9.59 Å². The van der Waals surface area contributed by atoms with Crippen LogP contribution in [-0.2, 0) is 17.9 Å². The second-order valence-corrected chi connectivity index (χ2v) is 10.2. The van der Waals surface area contributed by atoms with Crippen molar-refractivity contribution in [1.29, 1.82) is 0 Å². The molecule has 4 nitrogen and oxygen atoms in total. The fourth-order valence-corrected chi connectivity index (χ4v) is 4.87. The van der Waals surface area contributed by atoms with Crippen LogP contribution in [-0.4, -0.2) is 16.0 Å². The molecule has 1 aliphatic heterocycles. The number of thioether (sulfide) groups is 1. The minimum Gasteiger partial charge on any atom is -0.488 e. The average molecular weight is 584 g/mol. The molecule has 3 aromatic rings. The van der Waals surface area contributed by atoms with Crippen molar-refractivity contribution in [3.8, 4) is 5.75 Å². The van der Waals surface area contributed by atoms with Crippen molar-refractivity contribution in [2.45, 2.75) is 13.2 Å². The Hall–Kier alpha value is -1.96. The zero-order valence-corrected chi connectivity index (χ0v) is 21.5. The van der Waals surface area contributed by atoms with Gasteiger partial charge in [-0.05, 0) is 86.9 Å². The van der Waals surface area contributed by atoms with Gasteiger partial charge in [0.2, 0.25) is 0 Å². The third-order valence-corrected chi connectivity index (χ3v) is 7.28. The van der Waals surface area contributed by atoms with E-state index in [4.69, 9.17) is 39.5 Å². The van der Waals surface area contributed by atoms with Crippen LogP contribution in [0.3, 0.4) is 0 Å². The Labute approximate surface area is 218 Å². The van der Waals surface area contributed by atoms with Gasteiger partial charge < -0.3 is 4.74 Å². The SMILES string of the molecule is O=C1S/C(=C/c2ccc(OCc3ccc(Cl)cc3)c(Br)c2)C(=O)N1Cc1ccc(Cl)c(Cl)c1. The maximum Gasteiger partial charge on any atom is 0.293 e. The van der Waals surface area contributed by atoms with Crippen LogP contribution in [0.15, 0.2) is 70.0 Å². The first-order chi connectivity index (χ1) is 15.8. The van der Waals surface area contributed by atoms with Crippen LogP contribution in [0.4, 0.5) is 4.79 Å². The van der Waals surface area contributed by atoms with E-state index in [1.807, 2.05) is 42.5 Å². The van der Waals surface area contributed by atoms with Crippen LogP contribution >= 0.6 is 62.5 Å². The van der Waals surface area contributed by atoms with E-state index in [1.165, 1.54) is 4.90 Å². The van der Waals surface area contributed by atoms with Crippen LogP contribution in [0.5, 0.6) is 5.75 Å². The van der Waals surface area contributed by atoms with Gasteiger partial charge in [0.15, 0.2) is 0 Å². The summed E-state index contributed by atoms with van der Waals surface area (Å²) >= 11 is 22.3. The molecule has 33 heavy (non-hydrogen) atoms. The maximum atomic E-state index is 12.8. The number of rotatable bonds is 6. The number of carbonyl (C=O) groups excluding carboxylic acids is 2. The highest BCUT2D eigenvalue weighted by Gasteiger charge is 2.35. The molecule has 4 rings (SSSR count). The van der Waals surface area contributed by atoms with Gasteiger partial charge in [-0.25, -0.2) is 0 Å². The first-order valence-electron chi connectivity index (χ1n) is 9.66. The lowest BCUT2D eigenvalue weighted by atomic mass is 10.2. The highest BCUT2D eigenvalue weighted by molar-refractivity contribution is 9.10. The standard InChI is InChI=1S/C24H15BrCl3NO3S/c25-18-9-15(4-8-21(18)32-13-14-1-5-17(26)6-2-14)11-22-23(30)29(24(31)33-22)12-16-3-7-19(27)20(28)10-16/h1-11H,12-13H2/b22-11+. The van der Waals surface area contributed by atoms with Gasteiger partial charge in [0.25, 0.3) is 11.1 Å². The van der Waals surface area contributed by atoms with Crippen LogP contribution in [0.25, 0.3) is 6.08 Å². The summed E-state index contributed by atoms with van der Waals surface area (Å²) < 4.78 is 6.60. The smallest absolute Gasteiger partial charge is 0.293 e. The highest BCUT2D eigenvalue weighted by atomic mass is 79.9. The van der Waals surface area contributed by atoms with Crippen molar-refractivity contribution in [2.75, 3.05) is 0 Å². The Morgan fingerprint density at radius 1 is 0.909 bits per heavy atom. The number of carbonyl (C=O) groups is 2. The summed E-state index contributed by atoms with van der Waals surface area (Å²) in [6.07, 6.45) is 1.69. The van der Waals surface area contributed by atoms with Crippen molar-refractivity contribution in [3.05, 3.63) is 102 Å². The molecule has 0 saturated carbocycles. The monoisotopic (exact) mass is 581 g/mol. The van der Waals surface area contributed by atoms with Gasteiger partial charge in [-0.3, -0.25) is 14.5 Å². The van der Waals surface area contributed by atoms with Crippen molar-refractivity contribution in [1.82, 2.24) is 4.90 Å². The summed E-state index contributed by atoms with van der Waals surface area (Å²) in [5, 5.41) is 1.13. The van der Waals surface area contributed by atoms with Crippen LogP contribution in [0.2, 0.25) is 15.1 Å². The van der Waals surface area contributed by atoms with E-state index >= 15 is 0 Å². The lowest BCUT2D eigenvalue weighted by molar-refractivity contribution is -0.123. The van der Waals surface area contributed by atoms with Gasteiger partial charge in [-0.15, -0.1) is 0 Å². The Morgan fingerprint density at radius 3 is 2.33 bits per heavy atom. The number of imide groups is 1. The van der Waals surface area contributed by atoms with Crippen LogP contribution < -0.4 is 4.74 Å². The number of hydrogen-bond acceptors (Lipinski definition) is 4. The fraction of sp³-hybridized carbons (Fsp3) is 0.0833. The Balaban J connectivity index is 1.45. The molecule has 9 heteroatoms. The van der Waals surface area contributed by atoms with E-state index in [2.05, 4.69) is 15.9 Å². The molecule has 0 atom stereocenters. The summed E-state index contributed by atoms with van der Waals surface area (Å²) in [7, 11) is 0. The first-order valence-corrected chi connectivity index (χ1v) is 12.4. The maximum absolute atomic E-state index is 12.8. The minimum absolute atomic E-state index is 0.125. The quantitative estimate of drug-likeness (QED) is 0.274. The summed E-state index contributed by atoms with van der Waals surface area (Å²) in [5.74, 6) is 0.310. The minimum atomic E-state index is -0.352. The molecule has 1 heterocycles. The molecule has 0 radical (unpaired) electrons. The van der Waals surface area contributed by atoms with E-state index in [0.29, 0.717) is 32.3 Å². The summed E-state index contributed by atoms with van der Waals surface area (Å²) in [5.41, 5.74) is 2.48. The zero-order valence-electron chi connectivity index (χ0n) is 16.9. The molecule has 0 N–H and O–H groups in total. The molecule has 2 amide bonds. The molecule has 3 aromatic carbocycles. The Morgan fingerprint density at radius 2 is 1.64 bits per heavy atom. The molecule has 0 aromatic heterocycles. The van der Waals surface area contributed by atoms with Gasteiger partial charge in [0.05, 0.1) is 26.0 Å². The van der Waals surface area contributed by atoms with E-state index < -0.39 is 0 Å². The molecule has 0 aliphatic carbocycles. The summed E-state index contributed by atoms with van der Waals surface area (Å²) in [6.45, 7) is 0.517. The molecule has 1 saturated heterocycles. The molecule has 0 unspecified atom stereocenters. The van der Waals surface area contributed by atoms with Gasteiger partial charge in [0, 0.05) is 5.02 Å². The lowest BCUT2D eigenvalue weighted by Gasteiger charge is -2.13. The van der Waals surface area contributed by atoms with Crippen molar-refractivity contribution in [3.63, 3.8) is 0 Å². The van der Waals surface area contributed by atoms with E-state index in [1.54, 1.807) is 24.3 Å². The van der Waals surface area contributed by atoms with Gasteiger partial charge >= 0.3 is 0 Å². The van der Waals surface area contributed by atoms with Gasteiger partial charge in [-0.2, -0.15) is 0 Å². The molecular formula is C24H15BrCl3NO3S. The largest absolute Gasteiger partial charge is 0.488 e. The number of ether oxygens (including phenoxy) is 1. The summed E-state index contributed by atoms with van der Waals surface area (Å²) in [4.78, 5) is 26.8. The predicted octanol–water partition coefficient (Wildman–Crippen LogP) is 8.22. The predicted molar refractivity (Wildman–Crippen MR) is 138 cm³/mol. The Bertz CT molecular complexity index is 1260. The van der Waals surface area contributed by atoms with Crippen molar-refractivity contribution < 1.29 is 14.3 Å². The average Bonchev–Trinajstić information content (AvgIpc) is 3.04. The van der Waals surface area contributed by atoms with E-state index in [0.717, 1.165) is 32.9 Å². The fourth-order valence-electron chi connectivity index (χ4n) is 3.07. The highest BCUT2D eigenvalue weighted by Crippen LogP contribution is 2.35. The van der Waals surface area contributed by atoms with Crippen molar-refractivity contribution >= 4 is 79.7 Å². The van der Waals surface area contributed by atoms with Gasteiger partial charge in [0.1, 0.15) is 12.4 Å². The van der Waals surface area contributed by atoms with Crippen LogP contribution in [0.1, 0.15) is 16.7 Å². The molecule has 0 spiro atoms.